The molecule has 21 heavy (non-hydrogen) atoms. The number of carboxylic acids is 1. The highest BCUT2D eigenvalue weighted by molar-refractivity contribution is 7.90. The van der Waals surface area contributed by atoms with Crippen molar-refractivity contribution in [2.24, 2.45) is 7.05 Å². The Balaban J connectivity index is 2.36. The van der Waals surface area contributed by atoms with Crippen LogP contribution in [-0.4, -0.2) is 29.3 Å². The summed E-state index contributed by atoms with van der Waals surface area (Å²) in [5.41, 5.74) is 0.991. The molecule has 0 bridgehead atoms. The summed E-state index contributed by atoms with van der Waals surface area (Å²) in [5, 5.41) is 13.2. The van der Waals surface area contributed by atoms with E-state index in [1.165, 1.54) is 28.9 Å². The molecule has 0 saturated heterocycles. The molecule has 0 aliphatic heterocycles. The van der Waals surface area contributed by atoms with E-state index in [4.69, 9.17) is 16.7 Å². The zero-order chi connectivity index (χ0) is 15.8. The van der Waals surface area contributed by atoms with Crippen molar-refractivity contribution in [2.45, 2.75) is 17.6 Å². The van der Waals surface area contributed by atoms with Crippen LogP contribution in [-0.2, 0) is 22.6 Å². The van der Waals surface area contributed by atoms with Gasteiger partial charge in [0.2, 0.25) is 0 Å². The average molecular weight is 329 g/mol. The summed E-state index contributed by atoms with van der Waals surface area (Å²) in [6.07, 6.45) is 0. The van der Waals surface area contributed by atoms with Gasteiger partial charge in [-0.25, -0.2) is 13.2 Å². The average Bonchev–Trinajstić information content (AvgIpc) is 2.65. The smallest absolute Gasteiger partial charge is 0.335 e. The number of carbonyl (C=O) groups is 1. The number of nitrogens with zero attached hydrogens (tertiary/aromatic N) is 2. The Labute approximate surface area is 126 Å². The summed E-state index contributed by atoms with van der Waals surface area (Å²) in [7, 11) is -2.00. The van der Waals surface area contributed by atoms with E-state index in [0.717, 1.165) is 0 Å². The van der Waals surface area contributed by atoms with Crippen molar-refractivity contribution < 1.29 is 18.3 Å². The minimum atomic E-state index is -3.63. The van der Waals surface area contributed by atoms with E-state index in [2.05, 4.69) is 5.10 Å². The molecule has 0 aliphatic carbocycles. The van der Waals surface area contributed by atoms with Gasteiger partial charge in [0, 0.05) is 7.05 Å². The minimum absolute atomic E-state index is 0.0309. The van der Waals surface area contributed by atoms with Crippen molar-refractivity contribution in [3.8, 4) is 0 Å². The van der Waals surface area contributed by atoms with Gasteiger partial charge < -0.3 is 5.11 Å². The Bertz CT molecular complexity index is 794. The monoisotopic (exact) mass is 328 g/mol. The third kappa shape index (κ3) is 3.08. The van der Waals surface area contributed by atoms with Crippen LogP contribution in [0.15, 0.2) is 29.2 Å². The highest BCUT2D eigenvalue weighted by Gasteiger charge is 2.21. The first-order valence-electron chi connectivity index (χ1n) is 5.96. The number of benzene rings is 1. The third-order valence-corrected chi connectivity index (χ3v) is 5.18. The summed E-state index contributed by atoms with van der Waals surface area (Å²) >= 11 is 6.05. The Morgan fingerprint density at radius 1 is 1.33 bits per heavy atom. The van der Waals surface area contributed by atoms with Gasteiger partial charge in [-0.05, 0) is 31.2 Å². The van der Waals surface area contributed by atoms with E-state index >= 15 is 0 Å². The molecule has 0 spiro atoms. The first-order chi connectivity index (χ1) is 9.72. The van der Waals surface area contributed by atoms with Crippen LogP contribution in [0.3, 0.4) is 0 Å². The van der Waals surface area contributed by atoms with Crippen LogP contribution in [0.5, 0.6) is 0 Å². The van der Waals surface area contributed by atoms with Crippen LogP contribution < -0.4 is 0 Å². The molecule has 0 amide bonds. The van der Waals surface area contributed by atoms with Crippen LogP contribution in [0.4, 0.5) is 0 Å². The number of carboxylic acid groups (broad SMARTS) is 1. The largest absolute Gasteiger partial charge is 0.478 e. The molecule has 0 aliphatic rings. The van der Waals surface area contributed by atoms with Crippen LogP contribution in [0, 0.1) is 6.92 Å². The lowest BCUT2D eigenvalue weighted by Crippen LogP contribution is -2.09. The fourth-order valence-electron chi connectivity index (χ4n) is 1.91. The predicted octanol–water partition coefficient (Wildman–Crippen LogP) is 2.05. The fourth-order valence-corrected chi connectivity index (χ4v) is 3.62. The zero-order valence-corrected chi connectivity index (χ0v) is 12.9. The zero-order valence-electron chi connectivity index (χ0n) is 11.4. The highest BCUT2D eigenvalue weighted by atomic mass is 35.5. The van der Waals surface area contributed by atoms with E-state index in [1.54, 1.807) is 14.0 Å². The summed E-state index contributed by atoms with van der Waals surface area (Å²) in [4.78, 5) is 10.8. The van der Waals surface area contributed by atoms with Gasteiger partial charge in [-0.2, -0.15) is 5.10 Å². The van der Waals surface area contributed by atoms with Gasteiger partial charge >= 0.3 is 5.97 Å². The Hall–Kier alpha value is -1.86. The van der Waals surface area contributed by atoms with E-state index in [9.17, 15) is 13.2 Å². The first-order valence-corrected chi connectivity index (χ1v) is 7.99. The Morgan fingerprint density at radius 3 is 2.33 bits per heavy atom. The van der Waals surface area contributed by atoms with E-state index in [-0.39, 0.29) is 16.2 Å². The second-order valence-corrected chi connectivity index (χ2v) is 6.93. The summed E-state index contributed by atoms with van der Waals surface area (Å²) in [5.74, 6) is -1.40. The van der Waals surface area contributed by atoms with Gasteiger partial charge in [-0.3, -0.25) is 4.68 Å². The number of hydrogen-bond donors (Lipinski definition) is 1. The molecular formula is C13H13ClN2O4S. The molecule has 8 heteroatoms. The maximum Gasteiger partial charge on any atom is 0.335 e. The molecule has 1 aromatic heterocycles. The Kier molecular flexibility index (Phi) is 4.06. The number of halogens is 1. The second kappa shape index (κ2) is 5.50. The van der Waals surface area contributed by atoms with Gasteiger partial charge in [0.15, 0.2) is 9.84 Å². The quantitative estimate of drug-likeness (QED) is 0.927. The molecule has 1 heterocycles. The van der Waals surface area contributed by atoms with Crippen molar-refractivity contribution in [2.75, 3.05) is 0 Å². The molecule has 2 rings (SSSR count). The molecule has 0 atom stereocenters. The lowest BCUT2D eigenvalue weighted by atomic mass is 10.2. The van der Waals surface area contributed by atoms with Crippen LogP contribution in [0.2, 0.25) is 5.02 Å². The maximum atomic E-state index is 12.3. The van der Waals surface area contributed by atoms with Gasteiger partial charge in [0.1, 0.15) is 0 Å². The predicted molar refractivity (Wildman–Crippen MR) is 77.2 cm³/mol. The summed E-state index contributed by atoms with van der Waals surface area (Å²) < 4.78 is 26.1. The van der Waals surface area contributed by atoms with Gasteiger partial charge in [0.25, 0.3) is 0 Å². The van der Waals surface area contributed by atoms with Crippen molar-refractivity contribution in [3.05, 3.63) is 46.2 Å². The lowest BCUT2D eigenvalue weighted by Gasteiger charge is -2.06. The van der Waals surface area contributed by atoms with Crippen LogP contribution in [0.1, 0.15) is 21.7 Å². The third-order valence-electron chi connectivity index (χ3n) is 3.05. The topological polar surface area (TPSA) is 89.3 Å². The maximum absolute atomic E-state index is 12.3. The fraction of sp³-hybridized carbons (Fsp3) is 0.231. The standard InChI is InChI=1S/C13H13ClN2O4S/c1-8-12(14)11(16(2)15-8)7-21(19,20)10-5-3-9(4-6-10)13(17)18/h3-6H,7H2,1-2H3,(H,17,18). The number of aromatic carboxylic acids is 1. The minimum Gasteiger partial charge on any atom is -0.478 e. The van der Waals surface area contributed by atoms with E-state index in [1.807, 2.05) is 0 Å². The van der Waals surface area contributed by atoms with Gasteiger partial charge in [0.05, 0.1) is 32.6 Å². The lowest BCUT2D eigenvalue weighted by molar-refractivity contribution is 0.0696. The number of sulfone groups is 1. The van der Waals surface area contributed by atoms with E-state index < -0.39 is 15.8 Å². The molecule has 1 N–H and O–H groups in total. The number of aromatic nitrogens is 2. The number of hydrogen-bond acceptors (Lipinski definition) is 4. The van der Waals surface area contributed by atoms with Crippen molar-refractivity contribution in [3.63, 3.8) is 0 Å². The SMILES string of the molecule is Cc1nn(C)c(CS(=O)(=O)c2ccc(C(=O)O)cc2)c1Cl. The van der Waals surface area contributed by atoms with Crippen LogP contribution in [0.25, 0.3) is 0 Å². The molecule has 0 radical (unpaired) electrons. The van der Waals surface area contributed by atoms with Gasteiger partial charge in [-0.1, -0.05) is 11.6 Å². The van der Waals surface area contributed by atoms with Crippen molar-refractivity contribution in [1.82, 2.24) is 9.78 Å². The number of rotatable bonds is 4. The van der Waals surface area contributed by atoms with Crippen molar-refractivity contribution >= 4 is 27.4 Å². The second-order valence-electron chi connectivity index (χ2n) is 4.56. The molecule has 6 nitrogen and oxygen atoms in total. The molecule has 112 valence electrons. The van der Waals surface area contributed by atoms with Gasteiger partial charge in [-0.15, -0.1) is 0 Å². The summed E-state index contributed by atoms with van der Waals surface area (Å²) in [6, 6.07) is 5.06. The first kappa shape index (κ1) is 15.5. The summed E-state index contributed by atoms with van der Waals surface area (Å²) in [6.45, 7) is 1.69. The number of aryl methyl sites for hydroxylation is 2. The molecule has 0 unspecified atom stereocenters. The molecule has 0 fully saturated rings. The molecular weight excluding hydrogens is 316 g/mol. The molecule has 1 aromatic carbocycles. The molecule has 0 saturated carbocycles. The van der Waals surface area contributed by atoms with E-state index in [0.29, 0.717) is 16.4 Å². The molecule has 2 aromatic rings. The normalized spacial score (nSPS) is 11.6. The highest BCUT2D eigenvalue weighted by Crippen LogP contribution is 2.24. The van der Waals surface area contributed by atoms with Crippen molar-refractivity contribution in [1.29, 1.82) is 0 Å². The Morgan fingerprint density at radius 2 is 1.90 bits per heavy atom. The van der Waals surface area contributed by atoms with Crippen LogP contribution >= 0.6 is 11.6 Å².